The fraction of sp³-hybridized carbons (Fsp3) is 0.200. The Bertz CT molecular complexity index is 446. The van der Waals surface area contributed by atoms with Crippen LogP contribution >= 0.6 is 0 Å². The van der Waals surface area contributed by atoms with Crippen LogP contribution in [0.1, 0.15) is 6.92 Å². The Hall–Kier alpha value is -1.96. The van der Waals surface area contributed by atoms with E-state index in [0.29, 0.717) is 0 Å². The first kappa shape index (κ1) is 11.5. The number of hydrogen-bond acceptors (Lipinski definition) is 2. The van der Waals surface area contributed by atoms with Crippen molar-refractivity contribution in [3.05, 3.63) is 61.3 Å². The zero-order valence-corrected chi connectivity index (χ0v) is 10.2. The van der Waals surface area contributed by atoms with Crippen molar-refractivity contribution in [3.8, 4) is 0 Å². The average molecular weight is 226 g/mol. The van der Waals surface area contributed by atoms with Crippen LogP contribution in [0.25, 0.3) is 0 Å². The van der Waals surface area contributed by atoms with Gasteiger partial charge in [0.15, 0.2) is 0 Å². The number of benzene rings is 1. The van der Waals surface area contributed by atoms with E-state index in [0.717, 1.165) is 13.2 Å². The minimum Gasteiger partial charge on any atom is -0.348 e. The third kappa shape index (κ3) is 2.41. The maximum atomic E-state index is 3.71. The van der Waals surface area contributed by atoms with Gasteiger partial charge in [-0.1, -0.05) is 36.9 Å². The van der Waals surface area contributed by atoms with Crippen LogP contribution in [0.3, 0.4) is 0 Å². The molecule has 0 unspecified atom stereocenters. The molecule has 0 saturated heterocycles. The van der Waals surface area contributed by atoms with E-state index < -0.39 is 0 Å². The van der Waals surface area contributed by atoms with Gasteiger partial charge in [0, 0.05) is 12.7 Å². The summed E-state index contributed by atoms with van der Waals surface area (Å²) in [6.07, 6.45) is 10.1. The molecule has 0 aromatic heterocycles. The second kappa shape index (κ2) is 5.39. The molecule has 1 aliphatic rings. The summed E-state index contributed by atoms with van der Waals surface area (Å²) >= 11 is 0. The molecule has 2 heteroatoms. The summed E-state index contributed by atoms with van der Waals surface area (Å²) in [6, 6.07) is 8.48. The van der Waals surface area contributed by atoms with Gasteiger partial charge in [-0.2, -0.15) is 0 Å². The average Bonchev–Trinajstić information content (AvgIpc) is 2.72. The fourth-order valence-corrected chi connectivity index (χ4v) is 1.99. The second-order valence-electron chi connectivity index (χ2n) is 3.97. The van der Waals surface area contributed by atoms with E-state index in [4.69, 9.17) is 0 Å². The minimum absolute atomic E-state index is 0.897. The van der Waals surface area contributed by atoms with E-state index in [1.54, 1.807) is 6.08 Å². The van der Waals surface area contributed by atoms with Crippen LogP contribution in [0.15, 0.2) is 61.3 Å². The highest BCUT2D eigenvalue weighted by Gasteiger charge is 2.22. The summed E-state index contributed by atoms with van der Waals surface area (Å²) in [5.74, 6) is 0. The fourth-order valence-electron chi connectivity index (χ4n) is 1.99. The van der Waals surface area contributed by atoms with Gasteiger partial charge in [-0.3, -0.25) is 0 Å². The normalized spacial score (nSPS) is 14.9. The van der Waals surface area contributed by atoms with Gasteiger partial charge in [-0.15, -0.1) is 0 Å². The van der Waals surface area contributed by atoms with E-state index in [-0.39, 0.29) is 0 Å². The molecule has 0 N–H and O–H groups in total. The number of fused-ring (bicyclic) bond motifs is 1. The number of para-hydroxylation sites is 2. The van der Waals surface area contributed by atoms with Crippen molar-refractivity contribution in [2.24, 2.45) is 0 Å². The summed E-state index contributed by atoms with van der Waals surface area (Å²) in [6.45, 7) is 7.61. The molecule has 1 heterocycles. The maximum Gasteiger partial charge on any atom is 0.0950 e. The molecular formula is C15H18N2. The topological polar surface area (TPSA) is 6.48 Å². The maximum absolute atomic E-state index is 3.71. The SMILES string of the molecule is C=C/C=C/N1CN(C/C=C\C)c2ccccc21. The van der Waals surface area contributed by atoms with Gasteiger partial charge in [0.2, 0.25) is 0 Å². The minimum atomic E-state index is 0.897. The van der Waals surface area contributed by atoms with Crippen LogP contribution in [0.5, 0.6) is 0 Å². The summed E-state index contributed by atoms with van der Waals surface area (Å²) in [4.78, 5) is 4.59. The van der Waals surface area contributed by atoms with E-state index in [9.17, 15) is 0 Å². The van der Waals surface area contributed by atoms with Crippen molar-refractivity contribution in [2.45, 2.75) is 6.92 Å². The molecule has 1 aliphatic heterocycles. The molecule has 2 nitrogen and oxygen atoms in total. The van der Waals surface area contributed by atoms with Crippen LogP contribution in [-0.4, -0.2) is 13.2 Å². The molecule has 0 fully saturated rings. The summed E-state index contributed by atoms with van der Waals surface area (Å²) in [5, 5.41) is 0. The first-order valence-electron chi connectivity index (χ1n) is 5.88. The van der Waals surface area contributed by atoms with E-state index >= 15 is 0 Å². The molecule has 0 aliphatic carbocycles. The van der Waals surface area contributed by atoms with Crippen molar-refractivity contribution in [1.82, 2.24) is 0 Å². The van der Waals surface area contributed by atoms with Gasteiger partial charge in [-0.05, 0) is 25.1 Å². The molecule has 17 heavy (non-hydrogen) atoms. The van der Waals surface area contributed by atoms with Crippen molar-refractivity contribution in [3.63, 3.8) is 0 Å². The Morgan fingerprint density at radius 3 is 2.76 bits per heavy atom. The number of anilines is 2. The Balaban J connectivity index is 2.25. The second-order valence-corrected chi connectivity index (χ2v) is 3.97. The van der Waals surface area contributed by atoms with Crippen LogP contribution in [0.2, 0.25) is 0 Å². The standard InChI is InChI=1S/C15H18N2/c1-3-5-11-16-13-17(12-6-4-2)15-10-8-7-9-14(15)16/h3-11H,1,12-13H2,2H3/b6-4-,11-5+. The third-order valence-electron chi connectivity index (χ3n) is 2.82. The van der Waals surface area contributed by atoms with Gasteiger partial charge in [-0.25, -0.2) is 0 Å². The Morgan fingerprint density at radius 1 is 1.29 bits per heavy atom. The highest BCUT2D eigenvalue weighted by molar-refractivity contribution is 5.77. The van der Waals surface area contributed by atoms with Crippen LogP contribution in [-0.2, 0) is 0 Å². The molecule has 0 spiro atoms. The van der Waals surface area contributed by atoms with Crippen LogP contribution < -0.4 is 9.80 Å². The number of hydrogen-bond donors (Lipinski definition) is 0. The van der Waals surface area contributed by atoms with Crippen molar-refractivity contribution in [1.29, 1.82) is 0 Å². The highest BCUT2D eigenvalue weighted by atomic mass is 15.4. The lowest BCUT2D eigenvalue weighted by atomic mass is 10.2. The summed E-state index contributed by atoms with van der Waals surface area (Å²) < 4.78 is 0. The molecule has 1 aromatic rings. The van der Waals surface area contributed by atoms with Gasteiger partial charge < -0.3 is 9.80 Å². The first-order chi connectivity index (χ1) is 8.36. The van der Waals surface area contributed by atoms with Gasteiger partial charge in [0.05, 0.1) is 18.0 Å². The first-order valence-corrected chi connectivity index (χ1v) is 5.88. The van der Waals surface area contributed by atoms with Gasteiger partial charge in [0.1, 0.15) is 0 Å². The molecule has 0 atom stereocenters. The molecule has 0 bridgehead atoms. The molecule has 2 rings (SSSR count). The van der Waals surface area contributed by atoms with Gasteiger partial charge >= 0.3 is 0 Å². The molecule has 0 radical (unpaired) electrons. The van der Waals surface area contributed by atoms with Crippen molar-refractivity contribution >= 4 is 11.4 Å². The lowest BCUT2D eigenvalue weighted by Gasteiger charge is -2.17. The molecule has 88 valence electrons. The zero-order valence-electron chi connectivity index (χ0n) is 10.2. The lowest BCUT2D eigenvalue weighted by Crippen LogP contribution is -2.27. The Morgan fingerprint density at radius 2 is 2.06 bits per heavy atom. The molecular weight excluding hydrogens is 208 g/mol. The zero-order chi connectivity index (χ0) is 12.1. The predicted octanol–water partition coefficient (Wildman–Crippen LogP) is 3.55. The van der Waals surface area contributed by atoms with Crippen LogP contribution in [0.4, 0.5) is 11.4 Å². The largest absolute Gasteiger partial charge is 0.348 e. The van der Waals surface area contributed by atoms with Crippen molar-refractivity contribution < 1.29 is 0 Å². The van der Waals surface area contributed by atoms with Gasteiger partial charge in [0.25, 0.3) is 0 Å². The van der Waals surface area contributed by atoms with Crippen LogP contribution in [0, 0.1) is 0 Å². The summed E-state index contributed by atoms with van der Waals surface area (Å²) in [5.41, 5.74) is 2.55. The summed E-state index contributed by atoms with van der Waals surface area (Å²) in [7, 11) is 0. The quantitative estimate of drug-likeness (QED) is 0.572. The monoisotopic (exact) mass is 226 g/mol. The number of nitrogens with zero attached hydrogens (tertiary/aromatic N) is 2. The number of allylic oxidation sites excluding steroid dienone is 3. The highest BCUT2D eigenvalue weighted by Crippen LogP contribution is 2.35. The van der Waals surface area contributed by atoms with E-state index in [1.807, 2.05) is 6.08 Å². The smallest absolute Gasteiger partial charge is 0.0950 e. The van der Waals surface area contributed by atoms with Crippen molar-refractivity contribution in [2.75, 3.05) is 23.0 Å². The molecule has 0 saturated carbocycles. The van der Waals surface area contributed by atoms with E-state index in [1.165, 1.54) is 11.4 Å². The third-order valence-corrected chi connectivity index (χ3v) is 2.82. The molecule has 0 amide bonds. The number of rotatable bonds is 4. The lowest BCUT2D eigenvalue weighted by molar-refractivity contribution is 0.895. The Labute approximate surface area is 103 Å². The van der Waals surface area contributed by atoms with E-state index in [2.05, 4.69) is 65.9 Å². The Kier molecular flexibility index (Phi) is 3.66. The molecule has 1 aromatic carbocycles. The predicted molar refractivity (Wildman–Crippen MR) is 75.3 cm³/mol.